The Kier molecular flexibility index (Phi) is 20.3. The fourth-order valence-electron chi connectivity index (χ4n) is 6.49. The van der Waals surface area contributed by atoms with Crippen LogP contribution < -0.4 is 0 Å². The summed E-state index contributed by atoms with van der Waals surface area (Å²) in [7, 11) is -12.0. The number of nitrogens with zero attached hydrogens (tertiary/aromatic N) is 3. The summed E-state index contributed by atoms with van der Waals surface area (Å²) in [6.45, 7) is 62.4. The third-order valence-corrected chi connectivity index (χ3v) is 39.6. The average molecular weight is 761 g/mol. The van der Waals surface area contributed by atoms with Crippen molar-refractivity contribution in [2.75, 3.05) is 18.5 Å². The summed E-state index contributed by atoms with van der Waals surface area (Å²) in [4.78, 5) is 0. The zero-order valence-electron chi connectivity index (χ0n) is 33.4. The summed E-state index contributed by atoms with van der Waals surface area (Å²) >= 11 is 0. The molecule has 266 valence electrons. The van der Waals surface area contributed by atoms with Gasteiger partial charge in [-0.2, -0.15) is 0 Å². The van der Waals surface area contributed by atoms with Gasteiger partial charge in [0.2, 0.25) is 0 Å². The van der Waals surface area contributed by atoms with Crippen molar-refractivity contribution in [1.29, 1.82) is 0 Å². The normalized spacial score (nSPS) is 14.8. The predicted octanol–water partition coefficient (Wildman–Crippen LogP) is 11.5. The second-order valence-electron chi connectivity index (χ2n) is 21.0. The largest absolute Gasteiger partial charge is 0.454 e. The van der Waals surface area contributed by atoms with E-state index in [0.717, 1.165) is 0 Å². The van der Waals surface area contributed by atoms with Crippen LogP contribution >= 0.6 is 0 Å². The number of hydrogen-bond donors (Lipinski definition) is 0. The molecule has 0 unspecified atom stereocenters. The van der Waals surface area contributed by atoms with E-state index < -0.39 is 74.1 Å². The molecular weight excluding hydrogens is 671 g/mol. The molecule has 0 aromatic heterocycles. The zero-order chi connectivity index (χ0) is 34.1. The first kappa shape index (κ1) is 51.6. The number of hydrogen-bond acceptors (Lipinski definition) is 4. The van der Waals surface area contributed by atoms with Crippen molar-refractivity contribution in [2.24, 2.45) is 0 Å². The van der Waals surface area contributed by atoms with Crippen LogP contribution in [0.25, 0.3) is 0 Å². The molecule has 0 amide bonds. The molecule has 0 atom stereocenters. The quantitative estimate of drug-likeness (QED) is 0.164. The maximum absolute atomic E-state index is 7.15. The second kappa shape index (κ2) is 16.9. The molecule has 43 heavy (non-hydrogen) atoms. The van der Waals surface area contributed by atoms with Crippen LogP contribution in [0.2, 0.25) is 164 Å². The summed E-state index contributed by atoms with van der Waals surface area (Å²) in [5.41, 5.74) is 0. The van der Waals surface area contributed by atoms with E-state index in [2.05, 4.69) is 176 Å². The maximum atomic E-state index is 7.15. The van der Waals surface area contributed by atoms with Crippen LogP contribution in [0.1, 0.15) is 14.9 Å². The lowest BCUT2D eigenvalue weighted by Gasteiger charge is -2.50. The highest BCUT2D eigenvalue weighted by Crippen LogP contribution is 2.28. The highest BCUT2D eigenvalue weighted by molar-refractivity contribution is 6.94. The van der Waals surface area contributed by atoms with Gasteiger partial charge < -0.3 is 16.8 Å². The van der Waals surface area contributed by atoms with Gasteiger partial charge in [0.25, 0.3) is 0 Å². The van der Waals surface area contributed by atoms with Crippen molar-refractivity contribution < 1.29 is 4.12 Å². The molecule has 0 rings (SSSR count). The SMILES string of the molecule is C.C.C[Si](C)(C)CN([Si](C)(C)C)[Si](C)(C)C.C[Si](C)(CN([Si](C)(C)C)[Si](C)(C)C)O[Si](C)(C)CN([Si](C)(C)C)[Si](C)(C)C. The molecule has 0 bridgehead atoms. The van der Waals surface area contributed by atoms with Crippen molar-refractivity contribution >= 4 is 74.1 Å². The molecule has 0 spiro atoms. The summed E-state index contributed by atoms with van der Waals surface area (Å²) in [6, 6.07) is 0. The van der Waals surface area contributed by atoms with Crippen LogP contribution in [-0.4, -0.2) is 105 Å². The molecule has 0 N–H and O–H groups in total. The molecule has 4 nitrogen and oxygen atoms in total. The van der Waals surface area contributed by atoms with E-state index in [0.29, 0.717) is 0 Å². The van der Waals surface area contributed by atoms with Crippen LogP contribution in [0.15, 0.2) is 0 Å². The highest BCUT2D eigenvalue weighted by Gasteiger charge is 2.44. The van der Waals surface area contributed by atoms with Crippen molar-refractivity contribution in [3.05, 3.63) is 0 Å². The molecule has 13 heteroatoms. The molecule has 0 heterocycles. The fraction of sp³-hybridized carbons (Fsp3) is 1.00. The van der Waals surface area contributed by atoms with Gasteiger partial charge in [-0.15, -0.1) is 0 Å². The Morgan fingerprint density at radius 2 is 0.465 bits per heavy atom. The monoisotopic (exact) mass is 759 g/mol. The molecule has 0 aromatic rings. The molecular formula is C30H89N3OSi9. The Bertz CT molecular complexity index is 705. The lowest BCUT2D eigenvalue weighted by atomic mass is 11.5. The molecule has 0 saturated heterocycles. The lowest BCUT2D eigenvalue weighted by molar-refractivity contribution is 0.497. The van der Waals surface area contributed by atoms with E-state index in [1.54, 1.807) is 0 Å². The minimum absolute atomic E-state index is 0. The number of rotatable bonds is 14. The van der Waals surface area contributed by atoms with Gasteiger partial charge in [0.1, 0.15) is 49.4 Å². The van der Waals surface area contributed by atoms with Crippen molar-refractivity contribution in [3.63, 3.8) is 0 Å². The summed E-state index contributed by atoms with van der Waals surface area (Å²) in [5.74, 6) is 0. The highest BCUT2D eigenvalue weighted by atomic mass is 28.4. The Hall–Kier alpha value is 1.79. The van der Waals surface area contributed by atoms with Crippen LogP contribution in [0, 0.1) is 0 Å². The first-order chi connectivity index (χ1) is 17.2. The fourth-order valence-corrected chi connectivity index (χ4v) is 58.4. The van der Waals surface area contributed by atoms with Gasteiger partial charge >= 0.3 is 0 Å². The van der Waals surface area contributed by atoms with E-state index in [4.69, 9.17) is 4.12 Å². The second-order valence-corrected chi connectivity index (χ2v) is 65.5. The minimum atomic E-state index is -1.75. The first-order valence-corrected chi connectivity index (χ1v) is 46.9. The standard InChI is InChI=1S/C18H52N2OSi6.C10H29NSi3.2CH4/c1-22(2,3)19(23(4,5)6)17-26(13,14)21-27(15,16)18-20(24(7,8)9)25(10,11)12;1-12(2,3)10-11(13(4,5)6)14(7,8)9;;/h17-18H2,1-16H3;10H2,1-9H3;2*1H4. The van der Waals surface area contributed by atoms with Crippen molar-refractivity contribution in [2.45, 2.75) is 179 Å². The molecule has 0 aromatic carbocycles. The third kappa shape index (κ3) is 22.1. The van der Waals surface area contributed by atoms with Gasteiger partial charge in [0.15, 0.2) is 16.6 Å². The molecule has 0 aliphatic heterocycles. The molecule has 0 fully saturated rings. The molecule has 0 aliphatic rings. The van der Waals surface area contributed by atoms with Crippen LogP contribution in [0.3, 0.4) is 0 Å². The average Bonchev–Trinajstić information content (AvgIpc) is 2.56. The maximum Gasteiger partial charge on any atom is 0.186 e. The van der Waals surface area contributed by atoms with Gasteiger partial charge in [-0.05, 0) is 32.4 Å². The zero-order valence-corrected chi connectivity index (χ0v) is 42.4. The Balaban J connectivity index is -0.000000404. The molecule has 0 radical (unpaired) electrons. The van der Waals surface area contributed by atoms with Gasteiger partial charge in [-0.3, -0.25) is 0 Å². The van der Waals surface area contributed by atoms with E-state index in [9.17, 15) is 0 Å². The van der Waals surface area contributed by atoms with E-state index in [1.807, 2.05) is 0 Å². The Morgan fingerprint density at radius 1 is 0.302 bits per heavy atom. The van der Waals surface area contributed by atoms with Crippen LogP contribution in [0.5, 0.6) is 0 Å². The smallest absolute Gasteiger partial charge is 0.186 e. The van der Waals surface area contributed by atoms with Gasteiger partial charge in [-0.1, -0.05) is 152 Å². The van der Waals surface area contributed by atoms with Crippen LogP contribution in [-0.2, 0) is 4.12 Å². The van der Waals surface area contributed by atoms with Crippen molar-refractivity contribution in [3.8, 4) is 0 Å². The van der Waals surface area contributed by atoms with Gasteiger partial charge in [-0.25, -0.2) is 0 Å². The Morgan fingerprint density at radius 3 is 0.581 bits per heavy atom. The first-order valence-electron chi connectivity index (χ1n) is 16.3. The van der Waals surface area contributed by atoms with E-state index in [1.165, 1.54) is 18.5 Å². The Labute approximate surface area is 286 Å². The molecule has 0 aliphatic carbocycles. The van der Waals surface area contributed by atoms with Gasteiger partial charge in [0.05, 0.1) is 8.07 Å². The summed E-state index contributed by atoms with van der Waals surface area (Å²) < 4.78 is 15.9. The summed E-state index contributed by atoms with van der Waals surface area (Å²) in [5, 5.41) is 0. The lowest BCUT2D eigenvalue weighted by Crippen LogP contribution is -2.68. The van der Waals surface area contributed by atoms with Crippen LogP contribution in [0.4, 0.5) is 0 Å². The predicted molar refractivity (Wildman–Crippen MR) is 233 cm³/mol. The summed E-state index contributed by atoms with van der Waals surface area (Å²) in [6.07, 6.45) is 3.84. The van der Waals surface area contributed by atoms with Crippen molar-refractivity contribution in [1.82, 2.24) is 12.7 Å². The van der Waals surface area contributed by atoms with E-state index >= 15 is 0 Å². The minimum Gasteiger partial charge on any atom is -0.454 e. The molecule has 0 saturated carbocycles. The van der Waals surface area contributed by atoms with E-state index in [-0.39, 0.29) is 14.9 Å². The van der Waals surface area contributed by atoms with Gasteiger partial charge in [0, 0.05) is 12.3 Å². The third-order valence-electron chi connectivity index (χ3n) is 7.12. The topological polar surface area (TPSA) is 19.0 Å².